The van der Waals surface area contributed by atoms with Crippen LogP contribution in [-0.4, -0.2) is 48.7 Å². The molecular formula is C8H12N4O4S. The van der Waals surface area contributed by atoms with Crippen LogP contribution >= 0.6 is 11.5 Å². The first-order valence-electron chi connectivity index (χ1n) is 4.63. The molecule has 0 radical (unpaired) electrons. The zero-order chi connectivity index (χ0) is 12.7. The highest BCUT2D eigenvalue weighted by Crippen LogP contribution is 2.10. The van der Waals surface area contributed by atoms with Gasteiger partial charge in [-0.3, -0.25) is 5.32 Å². The Bertz CT molecular complexity index is 395. The number of anilines is 1. The molecule has 17 heavy (non-hydrogen) atoms. The summed E-state index contributed by atoms with van der Waals surface area (Å²) in [7, 11) is 2.76. The van der Waals surface area contributed by atoms with Crippen LogP contribution < -0.4 is 10.6 Å². The van der Waals surface area contributed by atoms with Gasteiger partial charge in [0, 0.05) is 25.2 Å². The molecule has 0 saturated heterocycles. The fraction of sp³-hybridized carbons (Fsp3) is 0.500. The van der Waals surface area contributed by atoms with E-state index in [1.807, 2.05) is 0 Å². The number of ether oxygens (including phenoxy) is 2. The number of carbonyl (C=O) groups is 2. The number of carbonyl (C=O) groups excluding carboxylic acids is 2. The number of urea groups is 1. The third-order valence-electron chi connectivity index (χ3n) is 1.61. The third kappa shape index (κ3) is 4.33. The molecule has 0 saturated carbocycles. The third-order valence-corrected chi connectivity index (χ3v) is 2.24. The molecule has 1 heterocycles. The first-order valence-corrected chi connectivity index (χ1v) is 5.40. The maximum absolute atomic E-state index is 11.3. The number of hydrogen-bond donors (Lipinski definition) is 2. The Morgan fingerprint density at radius 2 is 2.18 bits per heavy atom. The molecule has 1 rings (SSSR count). The summed E-state index contributed by atoms with van der Waals surface area (Å²) in [5.74, 6) is -0.723. The van der Waals surface area contributed by atoms with E-state index in [0.717, 1.165) is 11.5 Å². The SMILES string of the molecule is COCCNC(=O)Nc1nc(C(=O)OC)ns1. The van der Waals surface area contributed by atoms with Gasteiger partial charge in [-0.2, -0.15) is 9.36 Å². The van der Waals surface area contributed by atoms with Gasteiger partial charge in [0.05, 0.1) is 13.7 Å². The zero-order valence-corrected chi connectivity index (χ0v) is 10.2. The number of esters is 1. The van der Waals surface area contributed by atoms with E-state index >= 15 is 0 Å². The molecule has 1 aromatic rings. The van der Waals surface area contributed by atoms with Crippen LogP contribution in [-0.2, 0) is 9.47 Å². The number of methoxy groups -OCH3 is 2. The predicted molar refractivity (Wildman–Crippen MR) is 60.1 cm³/mol. The Kier molecular flexibility index (Phi) is 5.30. The van der Waals surface area contributed by atoms with Crippen molar-refractivity contribution in [3.05, 3.63) is 5.82 Å². The lowest BCUT2D eigenvalue weighted by atomic mass is 10.6. The van der Waals surface area contributed by atoms with E-state index in [1.54, 1.807) is 0 Å². The van der Waals surface area contributed by atoms with Crippen molar-refractivity contribution in [2.45, 2.75) is 0 Å². The second-order valence-corrected chi connectivity index (χ2v) is 3.54. The second-order valence-electron chi connectivity index (χ2n) is 2.79. The maximum Gasteiger partial charge on any atom is 0.377 e. The molecular weight excluding hydrogens is 248 g/mol. The van der Waals surface area contributed by atoms with Crippen LogP contribution in [0, 0.1) is 0 Å². The van der Waals surface area contributed by atoms with E-state index < -0.39 is 12.0 Å². The summed E-state index contributed by atoms with van der Waals surface area (Å²) in [4.78, 5) is 26.1. The topological polar surface area (TPSA) is 102 Å². The Labute approximate surface area is 101 Å². The van der Waals surface area contributed by atoms with Crippen molar-refractivity contribution >= 4 is 28.7 Å². The summed E-state index contributed by atoms with van der Waals surface area (Å²) in [5.41, 5.74) is 0. The number of nitrogens with one attached hydrogen (secondary N) is 2. The molecule has 0 spiro atoms. The first kappa shape index (κ1) is 13.3. The van der Waals surface area contributed by atoms with Gasteiger partial charge in [0.25, 0.3) is 5.82 Å². The molecule has 0 aliphatic carbocycles. The van der Waals surface area contributed by atoms with Crippen LogP contribution in [0.5, 0.6) is 0 Å². The highest BCUT2D eigenvalue weighted by molar-refractivity contribution is 7.10. The number of amides is 2. The van der Waals surface area contributed by atoms with Crippen molar-refractivity contribution < 1.29 is 19.1 Å². The van der Waals surface area contributed by atoms with Crippen molar-refractivity contribution in [1.29, 1.82) is 0 Å². The molecule has 0 aromatic carbocycles. The minimum atomic E-state index is -0.644. The lowest BCUT2D eigenvalue weighted by Gasteiger charge is -2.03. The smallest absolute Gasteiger partial charge is 0.377 e. The van der Waals surface area contributed by atoms with E-state index in [-0.39, 0.29) is 11.0 Å². The van der Waals surface area contributed by atoms with E-state index in [4.69, 9.17) is 4.74 Å². The van der Waals surface area contributed by atoms with Crippen LogP contribution in [0.4, 0.5) is 9.93 Å². The van der Waals surface area contributed by atoms with Gasteiger partial charge in [-0.25, -0.2) is 9.59 Å². The normalized spacial score (nSPS) is 9.76. The summed E-state index contributed by atoms with van der Waals surface area (Å²) in [6.45, 7) is 0.794. The molecule has 0 unspecified atom stereocenters. The average Bonchev–Trinajstić information content (AvgIpc) is 2.77. The molecule has 0 aliphatic rings. The Morgan fingerprint density at radius 3 is 2.82 bits per heavy atom. The van der Waals surface area contributed by atoms with Crippen molar-refractivity contribution in [2.24, 2.45) is 0 Å². The average molecular weight is 260 g/mol. The van der Waals surface area contributed by atoms with E-state index in [9.17, 15) is 9.59 Å². The standard InChI is InChI=1S/C8H12N4O4S/c1-15-4-3-9-7(14)11-8-10-5(12-17-8)6(13)16-2/h3-4H2,1-2H3,(H2,9,10,11,12,14). The Hall–Kier alpha value is -1.74. The van der Waals surface area contributed by atoms with E-state index in [1.165, 1.54) is 14.2 Å². The van der Waals surface area contributed by atoms with Gasteiger partial charge < -0.3 is 14.8 Å². The molecule has 0 fully saturated rings. The van der Waals surface area contributed by atoms with E-state index in [0.29, 0.717) is 13.2 Å². The van der Waals surface area contributed by atoms with Crippen molar-refractivity contribution in [2.75, 3.05) is 32.7 Å². The maximum atomic E-state index is 11.3. The summed E-state index contributed by atoms with van der Waals surface area (Å²) in [6, 6.07) is -0.436. The van der Waals surface area contributed by atoms with Gasteiger partial charge in [0.1, 0.15) is 0 Å². The largest absolute Gasteiger partial charge is 0.463 e. The van der Waals surface area contributed by atoms with Crippen LogP contribution in [0.2, 0.25) is 0 Å². The van der Waals surface area contributed by atoms with Gasteiger partial charge >= 0.3 is 12.0 Å². The lowest BCUT2D eigenvalue weighted by molar-refractivity contribution is 0.0588. The summed E-state index contributed by atoms with van der Waals surface area (Å²) in [6.07, 6.45) is 0. The summed E-state index contributed by atoms with van der Waals surface area (Å²) < 4.78 is 12.9. The monoisotopic (exact) mass is 260 g/mol. The Morgan fingerprint density at radius 1 is 1.41 bits per heavy atom. The number of hydrogen-bond acceptors (Lipinski definition) is 7. The number of aromatic nitrogens is 2. The van der Waals surface area contributed by atoms with Crippen molar-refractivity contribution in [1.82, 2.24) is 14.7 Å². The van der Waals surface area contributed by atoms with Gasteiger partial charge in [0.15, 0.2) is 0 Å². The fourth-order valence-corrected chi connectivity index (χ4v) is 1.41. The molecule has 2 N–H and O–H groups in total. The van der Waals surface area contributed by atoms with Gasteiger partial charge in [-0.05, 0) is 0 Å². The predicted octanol–water partition coefficient (Wildman–Crippen LogP) is 0.0926. The van der Waals surface area contributed by atoms with Crippen LogP contribution in [0.3, 0.4) is 0 Å². The molecule has 9 heteroatoms. The minimum absolute atomic E-state index is 0.0790. The zero-order valence-electron chi connectivity index (χ0n) is 9.35. The quantitative estimate of drug-likeness (QED) is 0.574. The molecule has 1 aromatic heterocycles. The molecule has 0 aliphatic heterocycles. The second kappa shape index (κ2) is 6.76. The summed E-state index contributed by atoms with van der Waals surface area (Å²) in [5, 5.41) is 5.19. The molecule has 94 valence electrons. The Balaban J connectivity index is 2.43. The van der Waals surface area contributed by atoms with Crippen LogP contribution in [0.25, 0.3) is 0 Å². The lowest BCUT2D eigenvalue weighted by Crippen LogP contribution is -2.31. The van der Waals surface area contributed by atoms with Gasteiger partial charge in [-0.15, -0.1) is 0 Å². The highest BCUT2D eigenvalue weighted by Gasteiger charge is 2.13. The highest BCUT2D eigenvalue weighted by atomic mass is 32.1. The molecule has 8 nitrogen and oxygen atoms in total. The van der Waals surface area contributed by atoms with Gasteiger partial charge in [0.2, 0.25) is 5.13 Å². The first-order chi connectivity index (χ1) is 8.17. The molecule has 0 bridgehead atoms. The van der Waals surface area contributed by atoms with E-state index in [2.05, 4.69) is 24.7 Å². The fourth-order valence-electron chi connectivity index (χ4n) is 0.856. The summed E-state index contributed by atoms with van der Waals surface area (Å²) >= 11 is 0.896. The van der Waals surface area contributed by atoms with Gasteiger partial charge in [-0.1, -0.05) is 0 Å². The minimum Gasteiger partial charge on any atom is -0.463 e. The van der Waals surface area contributed by atoms with Crippen molar-refractivity contribution in [3.8, 4) is 0 Å². The molecule has 0 atom stereocenters. The van der Waals surface area contributed by atoms with Crippen LogP contribution in [0.15, 0.2) is 0 Å². The number of rotatable bonds is 5. The number of nitrogens with zero attached hydrogens (tertiary/aromatic N) is 2. The van der Waals surface area contributed by atoms with Crippen LogP contribution in [0.1, 0.15) is 10.6 Å². The van der Waals surface area contributed by atoms with Crippen molar-refractivity contribution in [3.63, 3.8) is 0 Å². The molecule has 2 amide bonds.